The number of rotatable bonds is 4. The van der Waals surface area contributed by atoms with Crippen molar-refractivity contribution in [3.63, 3.8) is 0 Å². The van der Waals surface area contributed by atoms with Gasteiger partial charge in [-0.3, -0.25) is 4.79 Å². The lowest BCUT2D eigenvalue weighted by molar-refractivity contribution is 0.103. The number of methoxy groups -OCH3 is 1. The number of amides is 1. The number of fused-ring (bicyclic) bond motifs is 1. The molecule has 3 N–H and O–H groups in total. The Bertz CT molecular complexity index is 956. The predicted molar refractivity (Wildman–Crippen MR) is 94.7 cm³/mol. The maximum atomic E-state index is 12.9. The summed E-state index contributed by atoms with van der Waals surface area (Å²) in [7, 11) is 1.50. The van der Waals surface area contributed by atoms with Gasteiger partial charge in [-0.2, -0.15) is 0 Å². The molecule has 5 nitrogen and oxygen atoms in total. The number of thiophene rings is 1. The number of carbonyl (C=O) groups excluding carboxylic acids is 1. The molecule has 3 rings (SSSR count). The van der Waals surface area contributed by atoms with E-state index < -0.39 is 12.3 Å². The minimum Gasteiger partial charge on any atom is -0.495 e. The van der Waals surface area contributed by atoms with Gasteiger partial charge in [0.15, 0.2) is 0 Å². The Kier molecular flexibility index (Phi) is 4.54. The largest absolute Gasteiger partial charge is 0.495 e. The van der Waals surface area contributed by atoms with Crippen LogP contribution in [0.25, 0.3) is 10.2 Å². The zero-order valence-electron chi connectivity index (χ0n) is 13.5. The van der Waals surface area contributed by atoms with E-state index in [4.69, 9.17) is 10.5 Å². The topological polar surface area (TPSA) is 77.2 Å². The van der Waals surface area contributed by atoms with Gasteiger partial charge in [0.2, 0.25) is 0 Å². The van der Waals surface area contributed by atoms with Crippen LogP contribution in [-0.2, 0) is 0 Å². The number of hydrogen-bond acceptors (Lipinski definition) is 5. The Morgan fingerprint density at radius 3 is 2.76 bits per heavy atom. The highest BCUT2D eigenvalue weighted by molar-refractivity contribution is 7.21. The van der Waals surface area contributed by atoms with Crippen LogP contribution in [0.1, 0.15) is 27.4 Å². The van der Waals surface area contributed by atoms with Crippen LogP contribution in [0.2, 0.25) is 0 Å². The number of nitrogens with one attached hydrogen (secondary N) is 1. The van der Waals surface area contributed by atoms with Gasteiger partial charge in [-0.1, -0.05) is 12.1 Å². The summed E-state index contributed by atoms with van der Waals surface area (Å²) in [6.45, 7) is 1.67. The Morgan fingerprint density at radius 2 is 2.08 bits per heavy atom. The SMILES string of the molecule is COc1ccccc1NC(=O)c1sc2nc(C(F)F)cc(C)c2c1N. The van der Waals surface area contributed by atoms with Crippen molar-refractivity contribution < 1.29 is 18.3 Å². The number of hydrogen-bond donors (Lipinski definition) is 2. The van der Waals surface area contributed by atoms with Crippen molar-refractivity contribution in [3.8, 4) is 5.75 Å². The molecule has 0 saturated heterocycles. The molecular formula is C17H15F2N3O2S. The maximum absolute atomic E-state index is 12.9. The summed E-state index contributed by atoms with van der Waals surface area (Å²) in [6, 6.07) is 8.23. The highest BCUT2D eigenvalue weighted by Crippen LogP contribution is 2.37. The number of para-hydroxylation sites is 2. The van der Waals surface area contributed by atoms with Gasteiger partial charge in [0.25, 0.3) is 12.3 Å². The van der Waals surface area contributed by atoms with Crippen molar-refractivity contribution >= 4 is 38.8 Å². The lowest BCUT2D eigenvalue weighted by Crippen LogP contribution is -2.12. The molecule has 130 valence electrons. The third-order valence-electron chi connectivity index (χ3n) is 3.70. The second-order valence-electron chi connectivity index (χ2n) is 5.34. The van der Waals surface area contributed by atoms with E-state index in [-0.39, 0.29) is 16.3 Å². The quantitative estimate of drug-likeness (QED) is 0.721. The molecule has 25 heavy (non-hydrogen) atoms. The van der Waals surface area contributed by atoms with E-state index in [0.717, 1.165) is 11.3 Å². The molecule has 2 heterocycles. The molecule has 0 atom stereocenters. The lowest BCUT2D eigenvalue weighted by atomic mass is 10.1. The van der Waals surface area contributed by atoms with E-state index in [0.29, 0.717) is 27.2 Å². The minimum absolute atomic E-state index is 0.225. The Balaban J connectivity index is 2.02. The molecule has 0 aliphatic heterocycles. The second-order valence-corrected chi connectivity index (χ2v) is 6.34. The van der Waals surface area contributed by atoms with Crippen molar-refractivity contribution in [2.75, 3.05) is 18.2 Å². The van der Waals surface area contributed by atoms with Gasteiger partial charge in [-0.25, -0.2) is 13.8 Å². The van der Waals surface area contributed by atoms with Crippen LogP contribution in [-0.4, -0.2) is 18.0 Å². The summed E-state index contributed by atoms with van der Waals surface area (Å²) in [5.41, 5.74) is 7.04. The Morgan fingerprint density at radius 1 is 1.36 bits per heavy atom. The van der Waals surface area contributed by atoms with Crippen molar-refractivity contribution in [1.29, 1.82) is 0 Å². The van der Waals surface area contributed by atoms with Gasteiger partial charge in [0, 0.05) is 5.39 Å². The molecule has 1 aromatic carbocycles. The normalized spacial score (nSPS) is 11.1. The fourth-order valence-corrected chi connectivity index (χ4v) is 3.62. The number of pyridine rings is 1. The van der Waals surface area contributed by atoms with Crippen LogP contribution in [0, 0.1) is 6.92 Å². The van der Waals surface area contributed by atoms with Crippen LogP contribution < -0.4 is 15.8 Å². The van der Waals surface area contributed by atoms with Crippen LogP contribution >= 0.6 is 11.3 Å². The average molecular weight is 363 g/mol. The Hall–Kier alpha value is -2.74. The molecule has 0 radical (unpaired) electrons. The van der Waals surface area contributed by atoms with E-state index >= 15 is 0 Å². The van der Waals surface area contributed by atoms with Gasteiger partial charge in [0.1, 0.15) is 21.2 Å². The number of aromatic nitrogens is 1. The number of alkyl halides is 2. The van der Waals surface area contributed by atoms with Crippen molar-refractivity contribution in [2.45, 2.75) is 13.3 Å². The summed E-state index contributed by atoms with van der Waals surface area (Å²) in [5, 5.41) is 3.25. The molecule has 8 heteroatoms. The number of aryl methyl sites for hydroxylation is 1. The number of benzene rings is 1. The monoisotopic (exact) mass is 363 g/mol. The number of nitrogens with two attached hydrogens (primary N) is 1. The Labute approximate surface area is 146 Å². The maximum Gasteiger partial charge on any atom is 0.280 e. The minimum atomic E-state index is -2.68. The summed E-state index contributed by atoms with van der Waals surface area (Å²) < 4.78 is 31.1. The smallest absolute Gasteiger partial charge is 0.280 e. The molecule has 0 spiro atoms. The molecule has 0 bridgehead atoms. The van der Waals surface area contributed by atoms with Crippen molar-refractivity contribution in [3.05, 3.63) is 46.5 Å². The fraction of sp³-hybridized carbons (Fsp3) is 0.176. The predicted octanol–water partition coefficient (Wildman–Crippen LogP) is 4.39. The molecule has 3 aromatic rings. The van der Waals surface area contributed by atoms with Gasteiger partial charge < -0.3 is 15.8 Å². The van der Waals surface area contributed by atoms with E-state index in [2.05, 4.69) is 10.3 Å². The first kappa shape index (κ1) is 17.1. The number of nitrogen functional groups attached to an aromatic ring is 1. The van der Waals surface area contributed by atoms with Crippen LogP contribution in [0.15, 0.2) is 30.3 Å². The number of nitrogens with zero attached hydrogens (tertiary/aromatic N) is 1. The molecule has 0 unspecified atom stereocenters. The van der Waals surface area contributed by atoms with Gasteiger partial charge in [0.05, 0.1) is 18.5 Å². The summed E-state index contributed by atoms with van der Waals surface area (Å²) in [6.07, 6.45) is -2.68. The molecule has 0 saturated carbocycles. The zero-order chi connectivity index (χ0) is 18.1. The number of ether oxygens (including phenoxy) is 1. The number of halogens is 2. The first-order valence-electron chi connectivity index (χ1n) is 7.34. The van der Waals surface area contributed by atoms with E-state index in [9.17, 15) is 13.6 Å². The molecule has 1 amide bonds. The van der Waals surface area contributed by atoms with Crippen LogP contribution in [0.5, 0.6) is 5.75 Å². The molecule has 2 aromatic heterocycles. The van der Waals surface area contributed by atoms with E-state index in [1.165, 1.54) is 13.2 Å². The highest BCUT2D eigenvalue weighted by Gasteiger charge is 2.21. The fourth-order valence-electron chi connectivity index (χ4n) is 2.54. The third-order valence-corrected chi connectivity index (χ3v) is 4.80. The summed E-state index contributed by atoms with van der Waals surface area (Å²) in [4.78, 5) is 17.1. The second kappa shape index (κ2) is 6.64. The molecule has 0 aliphatic rings. The number of carbonyl (C=O) groups is 1. The van der Waals surface area contributed by atoms with E-state index in [1.54, 1.807) is 31.2 Å². The summed E-state index contributed by atoms with van der Waals surface area (Å²) in [5.74, 6) is 0.0628. The van der Waals surface area contributed by atoms with Crippen molar-refractivity contribution in [1.82, 2.24) is 4.98 Å². The highest BCUT2D eigenvalue weighted by atomic mass is 32.1. The first-order valence-corrected chi connectivity index (χ1v) is 8.16. The van der Waals surface area contributed by atoms with E-state index in [1.807, 2.05) is 0 Å². The van der Waals surface area contributed by atoms with Gasteiger partial charge in [-0.05, 0) is 30.7 Å². The molecular weight excluding hydrogens is 348 g/mol. The number of anilines is 2. The summed E-state index contributed by atoms with van der Waals surface area (Å²) >= 11 is 0.988. The lowest BCUT2D eigenvalue weighted by Gasteiger charge is -2.09. The van der Waals surface area contributed by atoms with Gasteiger partial charge in [-0.15, -0.1) is 11.3 Å². The first-order chi connectivity index (χ1) is 11.9. The zero-order valence-corrected chi connectivity index (χ0v) is 14.3. The molecule has 0 aliphatic carbocycles. The van der Waals surface area contributed by atoms with Crippen molar-refractivity contribution in [2.24, 2.45) is 0 Å². The third kappa shape index (κ3) is 3.12. The van der Waals surface area contributed by atoms with Crippen LogP contribution in [0.3, 0.4) is 0 Å². The average Bonchev–Trinajstić information content (AvgIpc) is 2.92. The van der Waals surface area contributed by atoms with Crippen LogP contribution in [0.4, 0.5) is 20.2 Å². The van der Waals surface area contributed by atoms with Gasteiger partial charge >= 0.3 is 0 Å². The molecule has 0 fully saturated rings. The standard InChI is InChI=1S/C17H15F2N3O2S/c1-8-7-10(15(18)19)22-17-12(8)13(20)14(25-17)16(23)21-9-5-3-4-6-11(9)24-2/h3-7,15H,20H2,1-2H3,(H,21,23).